The smallest absolute Gasteiger partial charge is 0.203 e. The average molecular weight is 220 g/mol. The van der Waals surface area contributed by atoms with Crippen molar-refractivity contribution < 1.29 is 0 Å². The number of anilines is 1. The summed E-state index contributed by atoms with van der Waals surface area (Å²) in [5.41, 5.74) is 1.23. The molecule has 4 nitrogen and oxygen atoms in total. The van der Waals surface area contributed by atoms with E-state index in [2.05, 4.69) is 27.1 Å². The van der Waals surface area contributed by atoms with E-state index in [-0.39, 0.29) is 0 Å². The summed E-state index contributed by atoms with van der Waals surface area (Å²) in [6.07, 6.45) is 5.69. The van der Waals surface area contributed by atoms with Gasteiger partial charge in [-0.15, -0.1) is 0 Å². The van der Waals surface area contributed by atoms with Crippen molar-refractivity contribution in [1.29, 1.82) is 0 Å². The van der Waals surface area contributed by atoms with Crippen LogP contribution in [-0.4, -0.2) is 35.6 Å². The lowest BCUT2D eigenvalue weighted by molar-refractivity contribution is 0.340. The van der Waals surface area contributed by atoms with E-state index in [1.807, 2.05) is 6.20 Å². The van der Waals surface area contributed by atoms with Gasteiger partial charge in [0.15, 0.2) is 0 Å². The van der Waals surface area contributed by atoms with Gasteiger partial charge in [0.05, 0.1) is 6.20 Å². The normalized spacial score (nSPS) is 29.4. The molecule has 0 unspecified atom stereocenters. The second-order valence-electron chi connectivity index (χ2n) is 4.95. The molecule has 3 heterocycles. The van der Waals surface area contributed by atoms with Gasteiger partial charge in [-0.05, 0) is 31.7 Å². The van der Waals surface area contributed by atoms with E-state index in [0.717, 1.165) is 31.4 Å². The Morgan fingerprint density at radius 3 is 3.19 bits per heavy atom. The van der Waals surface area contributed by atoms with Gasteiger partial charge in [0.25, 0.3) is 0 Å². The number of fused-ring (bicyclic) bond motifs is 1. The zero-order valence-electron chi connectivity index (χ0n) is 9.87. The molecule has 0 bridgehead atoms. The molecule has 0 saturated carbocycles. The van der Waals surface area contributed by atoms with Crippen molar-refractivity contribution in [3.8, 4) is 0 Å². The fraction of sp³-hybridized carbons (Fsp3) is 0.750. The van der Waals surface area contributed by atoms with Gasteiger partial charge in [0.1, 0.15) is 0 Å². The van der Waals surface area contributed by atoms with E-state index in [9.17, 15) is 0 Å². The number of aromatic nitrogens is 2. The SMILES string of the molecule is CCc1cnc(N2C[C@@H]3CCCN[C@@H]3C2)[nH]1. The van der Waals surface area contributed by atoms with Gasteiger partial charge in [-0.25, -0.2) is 4.98 Å². The molecule has 4 heteroatoms. The molecule has 2 atom stereocenters. The van der Waals surface area contributed by atoms with E-state index < -0.39 is 0 Å². The first kappa shape index (κ1) is 10.1. The van der Waals surface area contributed by atoms with E-state index in [1.165, 1.54) is 25.1 Å². The molecule has 3 rings (SSSR count). The fourth-order valence-electron chi connectivity index (χ4n) is 2.91. The highest BCUT2D eigenvalue weighted by atomic mass is 15.3. The number of nitrogens with one attached hydrogen (secondary N) is 2. The number of piperidine rings is 1. The molecule has 2 saturated heterocycles. The van der Waals surface area contributed by atoms with E-state index in [1.54, 1.807) is 0 Å². The van der Waals surface area contributed by atoms with E-state index in [4.69, 9.17) is 0 Å². The predicted molar refractivity (Wildman–Crippen MR) is 64.7 cm³/mol. The van der Waals surface area contributed by atoms with Crippen LogP contribution in [0.3, 0.4) is 0 Å². The summed E-state index contributed by atoms with van der Waals surface area (Å²) in [4.78, 5) is 10.3. The standard InChI is InChI=1S/C12H20N4/c1-2-10-6-14-12(15-10)16-7-9-4-3-5-13-11(9)8-16/h6,9,11,13H,2-5,7-8H2,1H3,(H,14,15)/t9-,11+/m0/s1. The van der Waals surface area contributed by atoms with Crippen molar-refractivity contribution >= 4 is 5.95 Å². The van der Waals surface area contributed by atoms with Crippen LogP contribution in [-0.2, 0) is 6.42 Å². The van der Waals surface area contributed by atoms with Gasteiger partial charge < -0.3 is 15.2 Å². The van der Waals surface area contributed by atoms with Gasteiger partial charge in [0, 0.05) is 24.8 Å². The van der Waals surface area contributed by atoms with Gasteiger partial charge in [-0.3, -0.25) is 0 Å². The second kappa shape index (κ2) is 4.09. The average Bonchev–Trinajstić information content (AvgIpc) is 2.95. The Kier molecular flexibility index (Phi) is 2.59. The van der Waals surface area contributed by atoms with Crippen molar-refractivity contribution in [2.24, 2.45) is 5.92 Å². The summed E-state index contributed by atoms with van der Waals surface area (Å²) < 4.78 is 0. The molecule has 0 radical (unpaired) electrons. The summed E-state index contributed by atoms with van der Waals surface area (Å²) in [6.45, 7) is 5.62. The monoisotopic (exact) mass is 220 g/mol. The highest BCUT2D eigenvalue weighted by molar-refractivity contribution is 5.34. The number of aryl methyl sites for hydroxylation is 1. The summed E-state index contributed by atoms with van der Waals surface area (Å²) in [7, 11) is 0. The third kappa shape index (κ3) is 1.71. The molecule has 0 aliphatic carbocycles. The largest absolute Gasteiger partial charge is 0.341 e. The van der Waals surface area contributed by atoms with Crippen LogP contribution in [0.5, 0.6) is 0 Å². The Hall–Kier alpha value is -1.03. The maximum Gasteiger partial charge on any atom is 0.203 e. The number of nitrogens with zero attached hydrogens (tertiary/aromatic N) is 2. The van der Waals surface area contributed by atoms with Crippen molar-refractivity contribution in [1.82, 2.24) is 15.3 Å². The first-order valence-corrected chi connectivity index (χ1v) is 6.39. The van der Waals surface area contributed by atoms with Crippen LogP contribution in [0, 0.1) is 5.92 Å². The molecule has 0 aromatic carbocycles. The Balaban J connectivity index is 1.72. The van der Waals surface area contributed by atoms with Crippen molar-refractivity contribution in [2.75, 3.05) is 24.5 Å². The van der Waals surface area contributed by atoms with Gasteiger partial charge >= 0.3 is 0 Å². The van der Waals surface area contributed by atoms with Crippen LogP contribution in [0.1, 0.15) is 25.5 Å². The summed E-state index contributed by atoms with van der Waals surface area (Å²) in [6, 6.07) is 0.684. The van der Waals surface area contributed by atoms with Crippen molar-refractivity contribution in [3.63, 3.8) is 0 Å². The molecule has 1 aromatic rings. The van der Waals surface area contributed by atoms with Crippen LogP contribution in [0.25, 0.3) is 0 Å². The number of imidazole rings is 1. The highest BCUT2D eigenvalue weighted by Gasteiger charge is 2.35. The molecule has 2 fully saturated rings. The summed E-state index contributed by atoms with van der Waals surface area (Å²) in [5, 5.41) is 3.62. The zero-order valence-corrected chi connectivity index (χ0v) is 9.87. The van der Waals surface area contributed by atoms with Crippen molar-refractivity contribution in [3.05, 3.63) is 11.9 Å². The molecule has 16 heavy (non-hydrogen) atoms. The summed E-state index contributed by atoms with van der Waals surface area (Å²) >= 11 is 0. The first-order chi connectivity index (χ1) is 7.86. The lowest BCUT2D eigenvalue weighted by atomic mass is 9.94. The lowest BCUT2D eigenvalue weighted by Crippen LogP contribution is -2.40. The summed E-state index contributed by atoms with van der Waals surface area (Å²) in [5.74, 6) is 1.89. The number of aromatic amines is 1. The lowest BCUT2D eigenvalue weighted by Gasteiger charge is -2.24. The molecule has 2 aliphatic heterocycles. The quantitative estimate of drug-likeness (QED) is 0.786. The minimum Gasteiger partial charge on any atom is -0.341 e. The van der Waals surface area contributed by atoms with E-state index >= 15 is 0 Å². The topological polar surface area (TPSA) is 44.0 Å². The number of rotatable bonds is 2. The van der Waals surface area contributed by atoms with Gasteiger partial charge in [-0.2, -0.15) is 0 Å². The molecule has 0 spiro atoms. The molecule has 1 aromatic heterocycles. The minimum absolute atomic E-state index is 0.684. The van der Waals surface area contributed by atoms with Gasteiger partial charge in [0.2, 0.25) is 5.95 Å². The third-order valence-electron chi connectivity index (χ3n) is 3.89. The molecule has 2 N–H and O–H groups in total. The third-order valence-corrected chi connectivity index (χ3v) is 3.89. The highest BCUT2D eigenvalue weighted by Crippen LogP contribution is 2.27. The van der Waals surface area contributed by atoms with Crippen LogP contribution in [0.15, 0.2) is 6.20 Å². The first-order valence-electron chi connectivity index (χ1n) is 6.39. The zero-order chi connectivity index (χ0) is 11.0. The Morgan fingerprint density at radius 1 is 1.50 bits per heavy atom. The maximum absolute atomic E-state index is 4.47. The van der Waals surface area contributed by atoms with Crippen LogP contribution >= 0.6 is 0 Å². The predicted octanol–water partition coefficient (Wildman–Crippen LogP) is 1.16. The molecule has 2 aliphatic rings. The van der Waals surface area contributed by atoms with Crippen LogP contribution in [0.4, 0.5) is 5.95 Å². The maximum atomic E-state index is 4.47. The van der Waals surface area contributed by atoms with Gasteiger partial charge in [-0.1, -0.05) is 6.92 Å². The van der Waals surface area contributed by atoms with Crippen molar-refractivity contribution in [2.45, 2.75) is 32.2 Å². The Morgan fingerprint density at radius 2 is 2.44 bits per heavy atom. The number of hydrogen-bond acceptors (Lipinski definition) is 3. The molecule has 0 amide bonds. The van der Waals surface area contributed by atoms with Crippen LogP contribution < -0.4 is 10.2 Å². The van der Waals surface area contributed by atoms with E-state index in [0.29, 0.717) is 6.04 Å². The Labute approximate surface area is 96.4 Å². The number of hydrogen-bond donors (Lipinski definition) is 2. The molecular weight excluding hydrogens is 200 g/mol. The second-order valence-corrected chi connectivity index (χ2v) is 4.95. The fourth-order valence-corrected chi connectivity index (χ4v) is 2.91. The number of H-pyrrole nitrogens is 1. The molecular formula is C12H20N4. The Bertz CT molecular complexity index is 346. The minimum atomic E-state index is 0.684. The van der Waals surface area contributed by atoms with Crippen LogP contribution in [0.2, 0.25) is 0 Å². The molecule has 88 valence electrons.